The average molecular weight is 242 g/mol. The predicted octanol–water partition coefficient (Wildman–Crippen LogP) is 1.74. The van der Waals surface area contributed by atoms with E-state index >= 15 is 0 Å². The number of aromatic nitrogens is 1. The third-order valence-corrected chi connectivity index (χ3v) is 3.56. The number of aromatic carboxylic acids is 1. The van der Waals surface area contributed by atoms with Crippen LogP contribution in [0.3, 0.4) is 0 Å². The molecule has 1 aliphatic rings. The molecule has 1 unspecified atom stereocenters. The molecular weight excluding hydrogens is 228 g/mol. The summed E-state index contributed by atoms with van der Waals surface area (Å²) >= 11 is 1.18. The minimum absolute atomic E-state index is 0.251. The van der Waals surface area contributed by atoms with Gasteiger partial charge in [0.05, 0.1) is 18.3 Å². The molecule has 6 heteroatoms. The molecule has 0 radical (unpaired) electrons. The lowest BCUT2D eigenvalue weighted by Gasteiger charge is -2.22. The molecule has 0 spiro atoms. The van der Waals surface area contributed by atoms with Crippen LogP contribution in [0.15, 0.2) is 0 Å². The zero-order chi connectivity index (χ0) is 11.5. The number of ether oxygens (including phenoxy) is 1. The van der Waals surface area contributed by atoms with E-state index < -0.39 is 5.97 Å². The molecule has 88 valence electrons. The maximum absolute atomic E-state index is 10.8. The Morgan fingerprint density at radius 2 is 2.50 bits per heavy atom. The van der Waals surface area contributed by atoms with Gasteiger partial charge in [0, 0.05) is 6.61 Å². The lowest BCUT2D eigenvalue weighted by Crippen LogP contribution is -2.29. The standard InChI is InChI=1S/C10H14N2O3S/c1-6-8(9(13)14)16-10(11-6)12-7-3-2-4-15-5-7/h7H,2-5H2,1H3,(H,11,12)(H,13,14). The zero-order valence-corrected chi connectivity index (χ0v) is 9.84. The summed E-state index contributed by atoms with van der Waals surface area (Å²) in [5.41, 5.74) is 0.566. The first-order valence-electron chi connectivity index (χ1n) is 5.22. The molecule has 2 rings (SSSR count). The van der Waals surface area contributed by atoms with Gasteiger partial charge >= 0.3 is 5.97 Å². The van der Waals surface area contributed by atoms with Gasteiger partial charge in [0.25, 0.3) is 0 Å². The maximum Gasteiger partial charge on any atom is 0.347 e. The van der Waals surface area contributed by atoms with Crippen LogP contribution in [0.2, 0.25) is 0 Å². The largest absolute Gasteiger partial charge is 0.477 e. The van der Waals surface area contributed by atoms with Crippen LogP contribution >= 0.6 is 11.3 Å². The van der Waals surface area contributed by atoms with E-state index in [-0.39, 0.29) is 6.04 Å². The fourth-order valence-corrected chi connectivity index (χ4v) is 2.57. The minimum Gasteiger partial charge on any atom is -0.477 e. The summed E-state index contributed by atoms with van der Waals surface area (Å²) in [6, 6.07) is 0.251. The van der Waals surface area contributed by atoms with E-state index in [1.807, 2.05) is 0 Å². The maximum atomic E-state index is 10.8. The number of carboxylic acids is 1. The highest BCUT2D eigenvalue weighted by molar-refractivity contribution is 7.17. The van der Waals surface area contributed by atoms with Crippen molar-refractivity contribution in [2.75, 3.05) is 18.5 Å². The van der Waals surface area contributed by atoms with Crippen LogP contribution in [0.25, 0.3) is 0 Å². The van der Waals surface area contributed by atoms with Crippen molar-refractivity contribution >= 4 is 22.4 Å². The lowest BCUT2D eigenvalue weighted by molar-refractivity contribution is 0.0701. The minimum atomic E-state index is -0.914. The number of carbonyl (C=O) groups is 1. The van der Waals surface area contributed by atoms with Gasteiger partial charge in [0.15, 0.2) is 5.13 Å². The van der Waals surface area contributed by atoms with Crippen LogP contribution in [0.1, 0.15) is 28.2 Å². The van der Waals surface area contributed by atoms with E-state index in [2.05, 4.69) is 10.3 Å². The van der Waals surface area contributed by atoms with Gasteiger partial charge in [-0.3, -0.25) is 0 Å². The molecule has 5 nitrogen and oxygen atoms in total. The van der Waals surface area contributed by atoms with Gasteiger partial charge in [-0.1, -0.05) is 11.3 Å². The predicted molar refractivity (Wildman–Crippen MR) is 61.3 cm³/mol. The fourth-order valence-electron chi connectivity index (χ4n) is 1.69. The van der Waals surface area contributed by atoms with Crippen molar-refractivity contribution in [3.05, 3.63) is 10.6 Å². The van der Waals surface area contributed by atoms with Gasteiger partial charge in [-0.15, -0.1) is 0 Å². The Morgan fingerprint density at radius 1 is 1.69 bits per heavy atom. The highest BCUT2D eigenvalue weighted by atomic mass is 32.1. The molecule has 1 aliphatic heterocycles. The first-order chi connectivity index (χ1) is 7.66. The van der Waals surface area contributed by atoms with Gasteiger partial charge in [-0.25, -0.2) is 9.78 Å². The molecule has 0 bridgehead atoms. The lowest BCUT2D eigenvalue weighted by atomic mass is 10.1. The monoisotopic (exact) mass is 242 g/mol. The number of rotatable bonds is 3. The topological polar surface area (TPSA) is 71.5 Å². The van der Waals surface area contributed by atoms with E-state index in [1.54, 1.807) is 6.92 Å². The number of aryl methyl sites for hydroxylation is 1. The normalized spacial score (nSPS) is 20.7. The van der Waals surface area contributed by atoms with Crippen molar-refractivity contribution in [3.8, 4) is 0 Å². The van der Waals surface area contributed by atoms with Crippen LogP contribution in [0.5, 0.6) is 0 Å². The Kier molecular flexibility index (Phi) is 3.40. The van der Waals surface area contributed by atoms with Gasteiger partial charge in [-0.05, 0) is 19.8 Å². The second-order valence-electron chi connectivity index (χ2n) is 3.80. The molecule has 1 saturated heterocycles. The number of hydrogen-bond donors (Lipinski definition) is 2. The number of nitrogens with one attached hydrogen (secondary N) is 1. The van der Waals surface area contributed by atoms with Crippen LogP contribution < -0.4 is 5.32 Å². The number of carboxylic acid groups (broad SMARTS) is 1. The molecule has 2 heterocycles. The molecule has 1 atom stereocenters. The number of hydrogen-bond acceptors (Lipinski definition) is 5. The van der Waals surface area contributed by atoms with Crippen LogP contribution in [-0.4, -0.2) is 35.3 Å². The van der Waals surface area contributed by atoms with Gasteiger partial charge in [0.2, 0.25) is 0 Å². The van der Waals surface area contributed by atoms with E-state index in [0.717, 1.165) is 19.4 Å². The molecular formula is C10H14N2O3S. The van der Waals surface area contributed by atoms with Gasteiger partial charge < -0.3 is 15.2 Å². The second kappa shape index (κ2) is 4.80. The highest BCUT2D eigenvalue weighted by Gasteiger charge is 2.18. The molecule has 1 aromatic rings. The Labute approximate surface area is 97.5 Å². The smallest absolute Gasteiger partial charge is 0.347 e. The van der Waals surface area contributed by atoms with Gasteiger partial charge in [0.1, 0.15) is 4.88 Å². The van der Waals surface area contributed by atoms with Crippen molar-refractivity contribution < 1.29 is 14.6 Å². The summed E-state index contributed by atoms with van der Waals surface area (Å²) in [6.07, 6.45) is 2.08. The summed E-state index contributed by atoms with van der Waals surface area (Å²) in [6.45, 7) is 3.19. The molecule has 16 heavy (non-hydrogen) atoms. The first kappa shape index (κ1) is 11.3. The molecule has 1 fully saturated rings. The average Bonchev–Trinajstić information content (AvgIpc) is 2.61. The summed E-state index contributed by atoms with van der Waals surface area (Å²) in [5, 5.41) is 12.8. The Balaban J connectivity index is 2.03. The van der Waals surface area contributed by atoms with E-state index in [1.165, 1.54) is 11.3 Å². The zero-order valence-electron chi connectivity index (χ0n) is 9.02. The summed E-state index contributed by atoms with van der Waals surface area (Å²) < 4.78 is 5.34. The van der Waals surface area contributed by atoms with Crippen LogP contribution in [0, 0.1) is 6.92 Å². The van der Waals surface area contributed by atoms with Crippen molar-refractivity contribution in [1.82, 2.24) is 4.98 Å². The SMILES string of the molecule is Cc1nc(NC2CCCOC2)sc1C(=O)O. The molecule has 0 saturated carbocycles. The number of anilines is 1. The highest BCUT2D eigenvalue weighted by Crippen LogP contribution is 2.24. The van der Waals surface area contributed by atoms with Crippen molar-refractivity contribution in [1.29, 1.82) is 0 Å². The number of nitrogens with zero attached hydrogens (tertiary/aromatic N) is 1. The molecule has 0 aromatic carbocycles. The summed E-state index contributed by atoms with van der Waals surface area (Å²) in [5.74, 6) is -0.914. The van der Waals surface area contributed by atoms with E-state index in [0.29, 0.717) is 22.3 Å². The number of thiazole rings is 1. The van der Waals surface area contributed by atoms with Crippen molar-refractivity contribution in [3.63, 3.8) is 0 Å². The first-order valence-corrected chi connectivity index (χ1v) is 6.03. The van der Waals surface area contributed by atoms with Crippen molar-refractivity contribution in [2.24, 2.45) is 0 Å². The van der Waals surface area contributed by atoms with Crippen LogP contribution in [0.4, 0.5) is 5.13 Å². The second-order valence-corrected chi connectivity index (χ2v) is 4.80. The summed E-state index contributed by atoms with van der Waals surface area (Å²) in [7, 11) is 0. The molecule has 0 aliphatic carbocycles. The van der Waals surface area contributed by atoms with E-state index in [9.17, 15) is 4.79 Å². The van der Waals surface area contributed by atoms with Crippen LogP contribution in [-0.2, 0) is 4.74 Å². The Hall–Kier alpha value is -1.14. The molecule has 1 aromatic heterocycles. The Morgan fingerprint density at radius 3 is 3.06 bits per heavy atom. The fraction of sp³-hybridized carbons (Fsp3) is 0.600. The third kappa shape index (κ3) is 2.51. The van der Waals surface area contributed by atoms with E-state index in [4.69, 9.17) is 9.84 Å². The van der Waals surface area contributed by atoms with Gasteiger partial charge in [-0.2, -0.15) is 0 Å². The quantitative estimate of drug-likeness (QED) is 0.844. The Bertz CT molecular complexity index is 385. The van der Waals surface area contributed by atoms with Crippen molar-refractivity contribution in [2.45, 2.75) is 25.8 Å². The summed E-state index contributed by atoms with van der Waals surface area (Å²) in [4.78, 5) is 15.3. The molecule has 0 amide bonds. The third-order valence-electron chi connectivity index (χ3n) is 2.48. The molecule has 2 N–H and O–H groups in total.